The van der Waals surface area contributed by atoms with Crippen LogP contribution in [0.5, 0.6) is 5.75 Å². The highest BCUT2D eigenvalue weighted by Crippen LogP contribution is 2.37. The molecule has 12 heteroatoms. The molecule has 1 saturated heterocycles. The Kier molecular flexibility index (Phi) is 6.95. The van der Waals surface area contributed by atoms with Crippen LogP contribution in [0.15, 0.2) is 30.7 Å². The van der Waals surface area contributed by atoms with Gasteiger partial charge in [-0.1, -0.05) is 11.6 Å². The van der Waals surface area contributed by atoms with Gasteiger partial charge in [0.2, 0.25) is 5.91 Å². The fourth-order valence-corrected chi connectivity index (χ4v) is 4.82. The summed E-state index contributed by atoms with van der Waals surface area (Å²) in [6, 6.07) is 4.67. The van der Waals surface area contributed by atoms with Crippen molar-refractivity contribution in [2.75, 3.05) is 68.5 Å². The van der Waals surface area contributed by atoms with E-state index in [1.54, 1.807) is 29.3 Å². The van der Waals surface area contributed by atoms with Crippen molar-refractivity contribution in [2.24, 2.45) is 0 Å². The molecule has 4 aliphatic rings. The van der Waals surface area contributed by atoms with Crippen LogP contribution in [0.1, 0.15) is 12.0 Å². The largest absolute Gasteiger partial charge is 0.492 e. The third-order valence-electron chi connectivity index (χ3n) is 6.68. The zero-order valence-electron chi connectivity index (χ0n) is 19.9. The predicted molar refractivity (Wildman–Crippen MR) is 136 cm³/mol. The number of fused-ring (bicyclic) bond motifs is 9. The lowest BCUT2D eigenvalue weighted by atomic mass is 10.1. The van der Waals surface area contributed by atoms with Crippen LogP contribution in [-0.2, 0) is 9.59 Å². The van der Waals surface area contributed by atoms with E-state index in [-0.39, 0.29) is 18.4 Å². The van der Waals surface area contributed by atoms with E-state index in [9.17, 15) is 14.7 Å². The van der Waals surface area contributed by atoms with Crippen LogP contribution in [0.2, 0.25) is 5.02 Å². The van der Waals surface area contributed by atoms with E-state index >= 15 is 0 Å². The highest BCUT2D eigenvalue weighted by molar-refractivity contribution is 6.33. The number of aliphatic hydroxyl groups excluding tert-OH is 1. The molecule has 0 unspecified atom stereocenters. The third kappa shape index (κ3) is 4.69. The molecule has 190 valence electrons. The van der Waals surface area contributed by atoms with Crippen molar-refractivity contribution in [3.05, 3.63) is 41.3 Å². The van der Waals surface area contributed by atoms with Crippen LogP contribution in [-0.4, -0.2) is 95.7 Å². The van der Waals surface area contributed by atoms with Gasteiger partial charge in [0.25, 0.3) is 5.91 Å². The lowest BCUT2D eigenvalue weighted by Crippen LogP contribution is -2.55. The Morgan fingerprint density at radius 3 is 2.69 bits per heavy atom. The Morgan fingerprint density at radius 1 is 1.14 bits per heavy atom. The molecule has 11 nitrogen and oxygen atoms in total. The van der Waals surface area contributed by atoms with E-state index in [4.69, 9.17) is 16.3 Å². The van der Waals surface area contributed by atoms with Crippen molar-refractivity contribution in [3.8, 4) is 5.75 Å². The van der Waals surface area contributed by atoms with Gasteiger partial charge in [0.05, 0.1) is 29.4 Å². The molecule has 1 aromatic heterocycles. The van der Waals surface area contributed by atoms with Crippen molar-refractivity contribution >= 4 is 46.3 Å². The molecule has 4 bridgehead atoms. The number of piperazine rings is 1. The lowest BCUT2D eigenvalue weighted by molar-refractivity contribution is -0.138. The third-order valence-corrected chi connectivity index (χ3v) is 6.99. The second kappa shape index (κ2) is 10.3. The molecule has 0 saturated carbocycles. The molecule has 2 aromatic rings. The van der Waals surface area contributed by atoms with Gasteiger partial charge in [0, 0.05) is 50.7 Å². The van der Waals surface area contributed by atoms with Crippen LogP contribution >= 0.6 is 11.6 Å². The maximum Gasteiger partial charge on any atom is 0.259 e. The topological polar surface area (TPSA) is 123 Å². The monoisotopic (exact) mass is 513 g/mol. The van der Waals surface area contributed by atoms with E-state index in [1.165, 1.54) is 6.33 Å². The van der Waals surface area contributed by atoms with Crippen LogP contribution in [0, 0.1) is 0 Å². The number of nitrogens with zero attached hydrogens (tertiary/aromatic N) is 5. The van der Waals surface area contributed by atoms with Crippen molar-refractivity contribution in [1.82, 2.24) is 19.8 Å². The number of ether oxygens (including phenoxy) is 1. The molecule has 0 spiro atoms. The predicted octanol–water partition coefficient (Wildman–Crippen LogP) is 1.26. The summed E-state index contributed by atoms with van der Waals surface area (Å²) >= 11 is 6.33. The minimum absolute atomic E-state index is 0.108. The summed E-state index contributed by atoms with van der Waals surface area (Å²) in [6.45, 7) is 2.73. The van der Waals surface area contributed by atoms with Crippen molar-refractivity contribution in [1.29, 1.82) is 0 Å². The van der Waals surface area contributed by atoms with Gasteiger partial charge in [0.1, 0.15) is 29.8 Å². The number of nitrogens with one attached hydrogen (secondary N) is 2. The van der Waals surface area contributed by atoms with Gasteiger partial charge >= 0.3 is 0 Å². The number of carbonyl (C=O) groups is 2. The van der Waals surface area contributed by atoms with Gasteiger partial charge in [-0.15, -0.1) is 0 Å². The fraction of sp³-hybridized carbons (Fsp3) is 0.417. The Hall–Kier alpha value is -3.41. The summed E-state index contributed by atoms with van der Waals surface area (Å²) < 4.78 is 5.89. The molecule has 4 aliphatic heterocycles. The number of hydrogen-bond acceptors (Lipinski definition) is 9. The minimum atomic E-state index is -0.630. The molecule has 36 heavy (non-hydrogen) atoms. The molecular weight excluding hydrogens is 486 g/mol. The van der Waals surface area contributed by atoms with Gasteiger partial charge < -0.3 is 30.3 Å². The molecule has 0 radical (unpaired) electrons. The quantitative estimate of drug-likeness (QED) is 0.517. The van der Waals surface area contributed by atoms with E-state index in [1.807, 2.05) is 11.9 Å². The number of aliphatic hydroxyl groups is 1. The van der Waals surface area contributed by atoms with Crippen LogP contribution in [0.3, 0.4) is 0 Å². The van der Waals surface area contributed by atoms with Crippen LogP contribution in [0.4, 0.5) is 17.3 Å². The Labute approximate surface area is 213 Å². The molecule has 1 aromatic carbocycles. The number of benzene rings is 1. The normalized spacial score (nSPS) is 22.4. The highest BCUT2D eigenvalue weighted by atomic mass is 35.5. The van der Waals surface area contributed by atoms with Gasteiger partial charge in [-0.3, -0.25) is 14.5 Å². The van der Waals surface area contributed by atoms with Crippen molar-refractivity contribution < 1.29 is 19.4 Å². The second-order valence-corrected chi connectivity index (χ2v) is 9.32. The molecule has 5 heterocycles. The fourth-order valence-electron chi connectivity index (χ4n) is 4.65. The van der Waals surface area contributed by atoms with Gasteiger partial charge in [-0.25, -0.2) is 9.97 Å². The maximum atomic E-state index is 13.2. The highest BCUT2D eigenvalue weighted by Gasteiger charge is 2.34. The minimum Gasteiger partial charge on any atom is -0.492 e. The molecule has 1 atom stereocenters. The molecule has 6 rings (SSSR count). The zero-order chi connectivity index (χ0) is 25.2. The average Bonchev–Trinajstić information content (AvgIpc) is 3.21. The summed E-state index contributed by atoms with van der Waals surface area (Å²) in [4.78, 5) is 40.4. The van der Waals surface area contributed by atoms with E-state index in [0.717, 1.165) is 0 Å². The SMILES string of the molecule is CN1CCCOc2cc(ccc2Cl)N/C=C2\C(=O)Nc3ncnc(c32)N2CCN(CC2)C(=O)[C@H]1CO. The number of likely N-dealkylation sites (N-methyl/N-ethyl adjacent to an activating group) is 1. The first-order valence-corrected chi connectivity index (χ1v) is 12.2. The molecule has 1 fully saturated rings. The Morgan fingerprint density at radius 2 is 1.92 bits per heavy atom. The number of carbonyl (C=O) groups excluding carboxylic acids is 2. The maximum absolute atomic E-state index is 13.2. The standard InChI is InChI=1S/C24H28ClN7O4/c1-30-5-2-10-36-19-11-15(3-4-17(19)25)26-12-16-20-21(29-23(16)34)27-14-28-22(20)31-6-8-32(9-7-31)24(35)18(30)13-33/h3-4,11-12,14,18,26,33H,2,5-10,13H2,1H3,(H,27,28,29,34)/b16-12-/t18-/m1/s1. The number of aromatic nitrogens is 2. The van der Waals surface area contributed by atoms with E-state index in [2.05, 4.69) is 25.5 Å². The number of halogens is 1. The molecule has 3 N–H and O–H groups in total. The van der Waals surface area contributed by atoms with Crippen molar-refractivity contribution in [3.63, 3.8) is 0 Å². The van der Waals surface area contributed by atoms with Crippen molar-refractivity contribution in [2.45, 2.75) is 12.5 Å². The van der Waals surface area contributed by atoms with Gasteiger partial charge in [-0.2, -0.15) is 0 Å². The number of hydrogen-bond donors (Lipinski definition) is 3. The summed E-state index contributed by atoms with van der Waals surface area (Å²) in [5.41, 5.74) is 1.73. The number of amides is 2. The summed E-state index contributed by atoms with van der Waals surface area (Å²) in [6.07, 6.45) is 3.70. The Bertz CT molecular complexity index is 1200. The summed E-state index contributed by atoms with van der Waals surface area (Å²) in [7, 11) is 1.83. The molecule has 2 amide bonds. The number of rotatable bonds is 1. The Balaban J connectivity index is 1.51. The number of anilines is 3. The second-order valence-electron chi connectivity index (χ2n) is 8.92. The van der Waals surface area contributed by atoms with Crippen LogP contribution < -0.4 is 20.3 Å². The molecule has 0 aliphatic carbocycles. The first-order chi connectivity index (χ1) is 17.5. The average molecular weight is 514 g/mol. The first-order valence-electron chi connectivity index (χ1n) is 11.9. The lowest BCUT2D eigenvalue weighted by Gasteiger charge is -2.38. The van der Waals surface area contributed by atoms with Crippen LogP contribution in [0.25, 0.3) is 5.57 Å². The van der Waals surface area contributed by atoms with Gasteiger partial charge in [-0.05, 0) is 25.6 Å². The smallest absolute Gasteiger partial charge is 0.259 e. The van der Waals surface area contributed by atoms with Gasteiger partial charge in [0.15, 0.2) is 0 Å². The summed E-state index contributed by atoms with van der Waals surface area (Å²) in [5.74, 6) is 1.20. The molecular formula is C24H28ClN7O4. The van der Waals surface area contributed by atoms with E-state index in [0.29, 0.717) is 85.0 Å². The zero-order valence-corrected chi connectivity index (χ0v) is 20.7. The first kappa shape index (κ1) is 24.3. The van der Waals surface area contributed by atoms with E-state index < -0.39 is 6.04 Å². The summed E-state index contributed by atoms with van der Waals surface area (Å²) in [5, 5.41) is 16.4.